The Labute approximate surface area is 171 Å². The largest absolute Gasteiger partial charge is 0.365 e. The Hall–Kier alpha value is -1.57. The van der Waals surface area contributed by atoms with E-state index >= 15 is 0 Å². The van der Waals surface area contributed by atoms with Gasteiger partial charge in [0.25, 0.3) is 5.91 Å². The molecule has 27 heavy (non-hydrogen) atoms. The molecule has 3 aliphatic rings. The smallest absolute Gasteiger partial charge is 0.252 e. The van der Waals surface area contributed by atoms with Crippen molar-refractivity contribution >= 4 is 42.4 Å². The molecule has 2 amide bonds. The molecule has 2 aliphatic carbocycles. The van der Waals surface area contributed by atoms with E-state index in [1.165, 1.54) is 6.42 Å². The average Bonchev–Trinajstić information content (AvgIpc) is 3.22. The summed E-state index contributed by atoms with van der Waals surface area (Å²) in [5, 5.41) is 0. The second kappa shape index (κ2) is 8.63. The van der Waals surface area contributed by atoms with Crippen molar-refractivity contribution in [2.75, 3.05) is 31.1 Å². The SMILES string of the molecule is Cl.Cl.NC(=O)c1cccnc1N1CCN(C(=O)C2C3CCC(C3)C2N)CC1. The van der Waals surface area contributed by atoms with E-state index in [1.807, 2.05) is 9.80 Å². The van der Waals surface area contributed by atoms with Crippen LogP contribution in [0.5, 0.6) is 0 Å². The van der Waals surface area contributed by atoms with Gasteiger partial charge in [0.05, 0.1) is 11.5 Å². The molecule has 4 atom stereocenters. The Balaban J connectivity index is 0.00000131. The zero-order chi connectivity index (χ0) is 17.6. The molecule has 2 saturated carbocycles. The summed E-state index contributed by atoms with van der Waals surface area (Å²) in [5.41, 5.74) is 12.2. The number of amides is 2. The van der Waals surface area contributed by atoms with E-state index in [4.69, 9.17) is 11.5 Å². The van der Waals surface area contributed by atoms with Crippen LogP contribution in [0.4, 0.5) is 5.82 Å². The van der Waals surface area contributed by atoms with Crippen LogP contribution >= 0.6 is 24.8 Å². The molecule has 4 rings (SSSR count). The van der Waals surface area contributed by atoms with Gasteiger partial charge in [-0.15, -0.1) is 24.8 Å². The second-order valence-corrected chi connectivity index (χ2v) is 7.49. The van der Waals surface area contributed by atoms with Crippen LogP contribution in [0.2, 0.25) is 0 Å². The van der Waals surface area contributed by atoms with Crippen molar-refractivity contribution in [1.82, 2.24) is 9.88 Å². The van der Waals surface area contributed by atoms with Crippen molar-refractivity contribution in [2.45, 2.75) is 25.3 Å². The van der Waals surface area contributed by atoms with Crippen molar-refractivity contribution < 1.29 is 9.59 Å². The van der Waals surface area contributed by atoms with Crippen LogP contribution in [-0.4, -0.2) is 53.9 Å². The molecule has 1 saturated heterocycles. The van der Waals surface area contributed by atoms with Crippen LogP contribution in [0, 0.1) is 17.8 Å². The number of aromatic nitrogens is 1. The first kappa shape index (κ1) is 21.7. The highest BCUT2D eigenvalue weighted by Gasteiger charge is 2.50. The molecule has 1 aliphatic heterocycles. The number of nitrogens with zero attached hydrogens (tertiary/aromatic N) is 3. The monoisotopic (exact) mass is 415 g/mol. The van der Waals surface area contributed by atoms with Gasteiger partial charge in [-0.1, -0.05) is 0 Å². The van der Waals surface area contributed by atoms with Gasteiger partial charge in [-0.05, 0) is 43.2 Å². The van der Waals surface area contributed by atoms with E-state index in [0.29, 0.717) is 49.4 Å². The molecule has 3 fully saturated rings. The second-order valence-electron chi connectivity index (χ2n) is 7.49. The van der Waals surface area contributed by atoms with Gasteiger partial charge in [-0.25, -0.2) is 4.98 Å². The molecule has 0 radical (unpaired) electrons. The highest BCUT2D eigenvalue weighted by atomic mass is 35.5. The van der Waals surface area contributed by atoms with Gasteiger partial charge >= 0.3 is 0 Å². The zero-order valence-electron chi connectivity index (χ0n) is 15.1. The van der Waals surface area contributed by atoms with E-state index in [1.54, 1.807) is 18.3 Å². The van der Waals surface area contributed by atoms with Gasteiger partial charge in [-0.3, -0.25) is 9.59 Å². The highest BCUT2D eigenvalue weighted by Crippen LogP contribution is 2.48. The van der Waals surface area contributed by atoms with Crippen molar-refractivity contribution in [1.29, 1.82) is 0 Å². The molecule has 150 valence electrons. The Morgan fingerprint density at radius 3 is 2.33 bits per heavy atom. The number of primary amides is 1. The quantitative estimate of drug-likeness (QED) is 0.766. The average molecular weight is 416 g/mol. The van der Waals surface area contributed by atoms with Crippen molar-refractivity contribution in [2.24, 2.45) is 29.2 Å². The molecule has 7 nitrogen and oxygen atoms in total. The number of anilines is 1. The third-order valence-electron chi connectivity index (χ3n) is 6.21. The number of halogens is 2. The number of hydrogen-bond acceptors (Lipinski definition) is 5. The van der Waals surface area contributed by atoms with E-state index in [2.05, 4.69) is 4.98 Å². The standard InChI is InChI=1S/C18H25N5O2.2ClH/c19-15-12-4-3-11(10-12)14(15)18(25)23-8-6-22(7-9-23)17-13(16(20)24)2-1-5-21-17;;/h1-2,5,11-12,14-15H,3-4,6-10,19H2,(H2,20,24);2*1H. The topological polar surface area (TPSA) is 106 Å². The molecular formula is C18H27Cl2N5O2. The lowest BCUT2D eigenvalue weighted by molar-refractivity contribution is -0.138. The first-order chi connectivity index (χ1) is 12.1. The van der Waals surface area contributed by atoms with Gasteiger partial charge in [0, 0.05) is 38.4 Å². The number of hydrogen-bond donors (Lipinski definition) is 2. The molecule has 4 unspecified atom stereocenters. The Bertz CT molecular complexity index is 694. The Kier molecular flexibility index (Phi) is 6.94. The lowest BCUT2D eigenvalue weighted by atomic mass is 9.84. The summed E-state index contributed by atoms with van der Waals surface area (Å²) in [7, 11) is 0. The fraction of sp³-hybridized carbons (Fsp3) is 0.611. The van der Waals surface area contributed by atoms with E-state index in [9.17, 15) is 9.59 Å². The minimum atomic E-state index is -0.477. The first-order valence-corrected chi connectivity index (χ1v) is 9.10. The van der Waals surface area contributed by atoms with Crippen LogP contribution in [-0.2, 0) is 4.79 Å². The minimum absolute atomic E-state index is 0. The van der Waals surface area contributed by atoms with Crippen LogP contribution in [0.3, 0.4) is 0 Å². The van der Waals surface area contributed by atoms with Gasteiger partial charge < -0.3 is 21.3 Å². The molecular weight excluding hydrogens is 389 g/mol. The van der Waals surface area contributed by atoms with Crippen LogP contribution in [0.1, 0.15) is 29.6 Å². The van der Waals surface area contributed by atoms with Crippen LogP contribution in [0.25, 0.3) is 0 Å². The van der Waals surface area contributed by atoms with Crippen molar-refractivity contribution in [3.63, 3.8) is 0 Å². The third-order valence-corrected chi connectivity index (χ3v) is 6.21. The molecule has 1 aromatic heterocycles. The number of piperazine rings is 1. The summed E-state index contributed by atoms with van der Waals surface area (Å²) >= 11 is 0. The Morgan fingerprint density at radius 2 is 1.74 bits per heavy atom. The fourth-order valence-electron chi connectivity index (χ4n) is 4.89. The van der Waals surface area contributed by atoms with Crippen LogP contribution < -0.4 is 16.4 Å². The Morgan fingerprint density at radius 1 is 1.07 bits per heavy atom. The van der Waals surface area contributed by atoms with E-state index in [0.717, 1.165) is 12.8 Å². The number of rotatable bonds is 3. The molecule has 4 N–H and O–H groups in total. The first-order valence-electron chi connectivity index (χ1n) is 9.10. The summed E-state index contributed by atoms with van der Waals surface area (Å²) in [5.74, 6) is 1.36. The van der Waals surface area contributed by atoms with Gasteiger partial charge in [0.1, 0.15) is 5.82 Å². The lowest BCUT2D eigenvalue weighted by Gasteiger charge is -2.39. The lowest BCUT2D eigenvalue weighted by Crippen LogP contribution is -2.54. The molecule has 0 aromatic carbocycles. The summed E-state index contributed by atoms with van der Waals surface area (Å²) < 4.78 is 0. The predicted octanol–water partition coefficient (Wildman–Crippen LogP) is 1.05. The number of carbonyl (C=O) groups excluding carboxylic acids is 2. The summed E-state index contributed by atoms with van der Waals surface area (Å²) in [6.45, 7) is 2.57. The van der Waals surface area contributed by atoms with Crippen LogP contribution in [0.15, 0.2) is 18.3 Å². The molecule has 2 heterocycles. The normalized spacial score (nSPS) is 29.1. The molecule has 9 heteroatoms. The number of pyridine rings is 1. The van der Waals surface area contributed by atoms with E-state index in [-0.39, 0.29) is 42.7 Å². The predicted molar refractivity (Wildman–Crippen MR) is 108 cm³/mol. The minimum Gasteiger partial charge on any atom is -0.365 e. The third kappa shape index (κ3) is 3.86. The summed E-state index contributed by atoms with van der Waals surface area (Å²) in [4.78, 5) is 32.8. The molecule has 2 bridgehead atoms. The summed E-state index contributed by atoms with van der Waals surface area (Å²) in [6.07, 6.45) is 5.10. The maximum atomic E-state index is 13.0. The van der Waals surface area contributed by atoms with Crippen molar-refractivity contribution in [3.05, 3.63) is 23.9 Å². The molecule has 1 aromatic rings. The van der Waals surface area contributed by atoms with Gasteiger partial charge in [0.15, 0.2) is 0 Å². The highest BCUT2D eigenvalue weighted by molar-refractivity contribution is 5.97. The molecule has 0 spiro atoms. The van der Waals surface area contributed by atoms with E-state index < -0.39 is 5.91 Å². The van der Waals surface area contributed by atoms with Gasteiger partial charge in [0.2, 0.25) is 5.91 Å². The van der Waals surface area contributed by atoms with Gasteiger partial charge in [-0.2, -0.15) is 0 Å². The number of nitrogens with two attached hydrogens (primary N) is 2. The number of fused-ring (bicyclic) bond motifs is 2. The zero-order valence-corrected chi connectivity index (χ0v) is 16.8. The fourth-order valence-corrected chi connectivity index (χ4v) is 4.89. The summed E-state index contributed by atoms with van der Waals surface area (Å²) in [6, 6.07) is 3.43. The number of carbonyl (C=O) groups is 2. The van der Waals surface area contributed by atoms with Crippen molar-refractivity contribution in [3.8, 4) is 0 Å². The maximum absolute atomic E-state index is 13.0. The maximum Gasteiger partial charge on any atom is 0.252 e.